The van der Waals surface area contributed by atoms with Crippen molar-refractivity contribution in [2.45, 2.75) is 6.92 Å². The predicted molar refractivity (Wildman–Crippen MR) is 33.1 cm³/mol. The van der Waals surface area contributed by atoms with Crippen molar-refractivity contribution in [3.05, 3.63) is 0 Å². The van der Waals surface area contributed by atoms with Crippen LogP contribution >= 0.6 is 21.2 Å². The second-order valence-corrected chi connectivity index (χ2v) is 1.33. The van der Waals surface area contributed by atoms with Crippen LogP contribution in [0, 0.1) is 0 Å². The summed E-state index contributed by atoms with van der Waals surface area (Å²) in [6.07, 6.45) is 0. The van der Waals surface area contributed by atoms with Crippen LogP contribution in [0.15, 0.2) is 0 Å². The average Bonchev–Trinajstić information content (AvgIpc) is 1.41. The van der Waals surface area contributed by atoms with Gasteiger partial charge < -0.3 is 4.52 Å². The highest BCUT2D eigenvalue weighted by Gasteiger charge is 1.63. The minimum atomic E-state index is 0. The fourth-order valence-corrected chi connectivity index (χ4v) is 0.433. The summed E-state index contributed by atoms with van der Waals surface area (Å²) in [6.45, 7) is 4.87. The molecular formula is C3H10ClOP. The Kier molecular flexibility index (Phi) is 15.1. The predicted octanol–water partition coefficient (Wildman–Crippen LogP) is 1.67. The molecule has 0 saturated heterocycles. The van der Waals surface area contributed by atoms with Crippen molar-refractivity contribution >= 4 is 21.2 Å². The van der Waals surface area contributed by atoms with Crippen LogP contribution in [0.2, 0.25) is 0 Å². The molecule has 1 nitrogen and oxygen atoms in total. The number of hydrogen-bond donors (Lipinski definition) is 0. The van der Waals surface area contributed by atoms with Crippen LogP contribution in [-0.4, -0.2) is 13.3 Å². The van der Waals surface area contributed by atoms with Crippen LogP contribution in [-0.2, 0) is 4.52 Å². The molecule has 0 aliphatic carbocycles. The third kappa shape index (κ3) is 8.82. The van der Waals surface area contributed by atoms with Gasteiger partial charge in [0, 0.05) is 15.4 Å². The Hall–Kier alpha value is 0.680. The van der Waals surface area contributed by atoms with E-state index >= 15 is 0 Å². The van der Waals surface area contributed by atoms with Crippen molar-refractivity contribution in [2.75, 3.05) is 13.3 Å². The van der Waals surface area contributed by atoms with Crippen LogP contribution in [0.25, 0.3) is 0 Å². The lowest BCUT2D eigenvalue weighted by Crippen LogP contribution is -1.68. The lowest BCUT2D eigenvalue weighted by atomic mass is 10.9. The van der Waals surface area contributed by atoms with Crippen molar-refractivity contribution in [3.63, 3.8) is 0 Å². The molecule has 3 heteroatoms. The summed E-state index contributed by atoms with van der Waals surface area (Å²) in [5, 5.41) is 0. The molecule has 1 atom stereocenters. The van der Waals surface area contributed by atoms with Gasteiger partial charge in [0.2, 0.25) is 0 Å². The summed E-state index contributed by atoms with van der Waals surface area (Å²) >= 11 is 0. The molecule has 0 fully saturated rings. The lowest BCUT2D eigenvalue weighted by molar-refractivity contribution is 0.392. The molecule has 0 heterocycles. The van der Waals surface area contributed by atoms with E-state index in [0.717, 1.165) is 6.61 Å². The third-order valence-electron chi connectivity index (χ3n) is 0.289. The Labute approximate surface area is 46.7 Å². The Morgan fingerprint density at radius 1 is 1.67 bits per heavy atom. The molecule has 1 unspecified atom stereocenters. The Morgan fingerprint density at radius 3 is 2.17 bits per heavy atom. The number of rotatable bonds is 2. The van der Waals surface area contributed by atoms with Gasteiger partial charge in [-0.1, -0.05) is 0 Å². The summed E-state index contributed by atoms with van der Waals surface area (Å²) in [7, 11) is 0.658. The van der Waals surface area contributed by atoms with E-state index in [1.807, 2.05) is 13.6 Å². The topological polar surface area (TPSA) is 9.23 Å². The maximum atomic E-state index is 4.86. The van der Waals surface area contributed by atoms with Gasteiger partial charge >= 0.3 is 0 Å². The Bertz CT molecular complexity index is 18.3. The zero-order valence-electron chi connectivity index (χ0n) is 4.02. The molecule has 40 valence electrons. The van der Waals surface area contributed by atoms with Gasteiger partial charge in [0.25, 0.3) is 0 Å². The fraction of sp³-hybridized carbons (Fsp3) is 1.00. The molecule has 0 aromatic carbocycles. The zero-order chi connectivity index (χ0) is 4.12. The lowest BCUT2D eigenvalue weighted by Gasteiger charge is -1.86. The van der Waals surface area contributed by atoms with E-state index in [1.165, 1.54) is 0 Å². The first-order valence-corrected chi connectivity index (χ1v) is 3.11. The summed E-state index contributed by atoms with van der Waals surface area (Å²) < 4.78 is 4.86. The van der Waals surface area contributed by atoms with Crippen molar-refractivity contribution in [2.24, 2.45) is 0 Å². The zero-order valence-corrected chi connectivity index (χ0v) is 5.84. The smallest absolute Gasteiger partial charge is 0.0477 e. The molecule has 0 aromatic heterocycles. The van der Waals surface area contributed by atoms with Crippen LogP contribution in [0.4, 0.5) is 0 Å². The standard InChI is InChI=1S/C3H9OP.ClH/c1-3-4-5-2;/h5H,3H2,1-2H3;1H. The van der Waals surface area contributed by atoms with E-state index in [4.69, 9.17) is 4.52 Å². The first-order valence-electron chi connectivity index (χ1n) is 1.70. The van der Waals surface area contributed by atoms with Crippen LogP contribution in [0.3, 0.4) is 0 Å². The molecule has 0 radical (unpaired) electrons. The molecule has 0 rings (SSSR count). The van der Waals surface area contributed by atoms with E-state index in [0.29, 0.717) is 8.81 Å². The third-order valence-corrected chi connectivity index (χ3v) is 0.866. The average molecular weight is 129 g/mol. The SMILES string of the molecule is CCOPC.Cl. The molecule has 0 N–H and O–H groups in total. The normalized spacial score (nSPS) is 9.00. The van der Waals surface area contributed by atoms with Gasteiger partial charge in [0.1, 0.15) is 0 Å². The molecule has 0 spiro atoms. The van der Waals surface area contributed by atoms with Gasteiger partial charge in [-0.05, 0) is 13.6 Å². The van der Waals surface area contributed by atoms with Crippen molar-refractivity contribution in [1.29, 1.82) is 0 Å². The van der Waals surface area contributed by atoms with Crippen LogP contribution in [0.5, 0.6) is 0 Å². The monoisotopic (exact) mass is 128 g/mol. The van der Waals surface area contributed by atoms with Crippen molar-refractivity contribution in [1.82, 2.24) is 0 Å². The molecule has 0 aliphatic rings. The van der Waals surface area contributed by atoms with Gasteiger partial charge in [0.05, 0.1) is 0 Å². The van der Waals surface area contributed by atoms with Gasteiger partial charge in [0.15, 0.2) is 0 Å². The van der Waals surface area contributed by atoms with Gasteiger partial charge in [-0.2, -0.15) is 0 Å². The second-order valence-electron chi connectivity index (χ2n) is 0.637. The highest BCUT2D eigenvalue weighted by molar-refractivity contribution is 7.31. The highest BCUT2D eigenvalue weighted by Crippen LogP contribution is 2.00. The molecule has 0 bridgehead atoms. The summed E-state index contributed by atoms with van der Waals surface area (Å²) in [5.74, 6) is 0. The largest absolute Gasteiger partial charge is 0.363 e. The van der Waals surface area contributed by atoms with E-state index in [-0.39, 0.29) is 12.4 Å². The Morgan fingerprint density at radius 2 is 2.17 bits per heavy atom. The molecule has 6 heavy (non-hydrogen) atoms. The number of hydrogen-bond acceptors (Lipinski definition) is 1. The van der Waals surface area contributed by atoms with Crippen LogP contribution < -0.4 is 0 Å². The summed E-state index contributed by atoms with van der Waals surface area (Å²) in [6, 6.07) is 0. The quantitative estimate of drug-likeness (QED) is 0.514. The van der Waals surface area contributed by atoms with Crippen LogP contribution in [0.1, 0.15) is 6.92 Å². The molecule has 0 amide bonds. The van der Waals surface area contributed by atoms with E-state index < -0.39 is 0 Å². The number of halogens is 1. The second kappa shape index (κ2) is 9.19. The first kappa shape index (κ1) is 9.84. The minimum absolute atomic E-state index is 0. The summed E-state index contributed by atoms with van der Waals surface area (Å²) in [5.41, 5.74) is 0. The summed E-state index contributed by atoms with van der Waals surface area (Å²) in [4.78, 5) is 0. The first-order chi connectivity index (χ1) is 2.41. The molecule has 0 aliphatic heterocycles. The fourth-order valence-electron chi connectivity index (χ4n) is 0.144. The van der Waals surface area contributed by atoms with Gasteiger partial charge in [-0.3, -0.25) is 0 Å². The molecular weight excluding hydrogens is 118 g/mol. The Balaban J connectivity index is 0. The van der Waals surface area contributed by atoms with E-state index in [2.05, 4.69) is 0 Å². The maximum Gasteiger partial charge on any atom is 0.0477 e. The van der Waals surface area contributed by atoms with Crippen molar-refractivity contribution in [3.8, 4) is 0 Å². The maximum absolute atomic E-state index is 4.86. The van der Waals surface area contributed by atoms with E-state index in [1.54, 1.807) is 0 Å². The highest BCUT2D eigenvalue weighted by atomic mass is 35.5. The van der Waals surface area contributed by atoms with Gasteiger partial charge in [-0.25, -0.2) is 0 Å². The molecule has 0 aromatic rings. The van der Waals surface area contributed by atoms with E-state index in [9.17, 15) is 0 Å². The van der Waals surface area contributed by atoms with Crippen molar-refractivity contribution < 1.29 is 4.52 Å². The minimum Gasteiger partial charge on any atom is -0.363 e. The van der Waals surface area contributed by atoms with Gasteiger partial charge in [-0.15, -0.1) is 12.4 Å². The molecule has 0 saturated carbocycles.